The number of nitrogens with one attached hydrogen (secondary N) is 1. The highest BCUT2D eigenvalue weighted by molar-refractivity contribution is 5.76. The summed E-state index contributed by atoms with van der Waals surface area (Å²) in [5, 5.41) is 87.0. The van der Waals surface area contributed by atoms with Crippen molar-refractivity contribution in [2.75, 3.05) is 19.8 Å². The van der Waals surface area contributed by atoms with Crippen molar-refractivity contribution >= 4 is 5.91 Å². The largest absolute Gasteiger partial charge is 0.394 e. The van der Waals surface area contributed by atoms with Gasteiger partial charge in [0.25, 0.3) is 0 Å². The number of unbranched alkanes of at least 4 members (excludes halogenated alkanes) is 29. The van der Waals surface area contributed by atoms with Crippen LogP contribution in [0.3, 0.4) is 0 Å². The lowest BCUT2D eigenvalue weighted by atomic mass is 9.97. The Morgan fingerprint density at radius 3 is 1.40 bits per heavy atom. The van der Waals surface area contributed by atoms with Crippen LogP contribution in [0.4, 0.5) is 0 Å². The zero-order chi connectivity index (χ0) is 49.6. The fourth-order valence-electron chi connectivity index (χ4n) is 9.41. The van der Waals surface area contributed by atoms with E-state index in [2.05, 4.69) is 31.3 Å². The minimum absolute atomic E-state index is 0.207. The molecule has 0 aromatic rings. The molecule has 12 atom stereocenters. The Kier molecular flexibility index (Phi) is 38.1. The van der Waals surface area contributed by atoms with E-state index in [1.165, 1.54) is 154 Å². The predicted octanol–water partition coefficient (Wildman–Crippen LogP) is 8.33. The normalized spacial score (nSPS) is 26.4. The molecule has 2 saturated heterocycles. The number of carbonyl (C=O) groups excluding carboxylic acids is 1. The van der Waals surface area contributed by atoms with Gasteiger partial charge in [-0.2, -0.15) is 0 Å². The van der Waals surface area contributed by atoms with Crippen LogP contribution in [0.1, 0.15) is 232 Å². The lowest BCUT2D eigenvalue weighted by Crippen LogP contribution is -2.65. The Morgan fingerprint density at radius 2 is 0.926 bits per heavy atom. The Balaban J connectivity index is 1.76. The maximum atomic E-state index is 13.2. The molecule has 68 heavy (non-hydrogen) atoms. The SMILES string of the molecule is CCCCCCCCCC/C=C\CCCCCCCCCCCC(=O)NC(COC1OC(CO)C(OC2OC(CO)C(O)C(O)C2O)C(O)C1O)C(O)CCCCCCCCCCCCCCC. The van der Waals surface area contributed by atoms with E-state index in [0.717, 1.165) is 51.4 Å². The average molecular weight is 974 g/mol. The Bertz CT molecular complexity index is 1200. The average Bonchev–Trinajstić information content (AvgIpc) is 3.34. The van der Waals surface area contributed by atoms with E-state index >= 15 is 0 Å². The van der Waals surface area contributed by atoms with Gasteiger partial charge in [0.15, 0.2) is 12.6 Å². The van der Waals surface area contributed by atoms with Gasteiger partial charge >= 0.3 is 0 Å². The minimum atomic E-state index is -1.78. The van der Waals surface area contributed by atoms with Crippen LogP contribution in [0.25, 0.3) is 0 Å². The number of hydrogen-bond acceptors (Lipinski definition) is 13. The van der Waals surface area contributed by atoms with Gasteiger partial charge in [0.1, 0.15) is 48.8 Å². The molecule has 2 heterocycles. The summed E-state index contributed by atoms with van der Waals surface area (Å²) in [5.41, 5.74) is 0. The second-order valence-corrected chi connectivity index (χ2v) is 20.1. The van der Waals surface area contributed by atoms with Crippen LogP contribution in [0, 0.1) is 0 Å². The fourth-order valence-corrected chi connectivity index (χ4v) is 9.41. The second-order valence-electron chi connectivity index (χ2n) is 20.1. The summed E-state index contributed by atoms with van der Waals surface area (Å²) in [6, 6.07) is -0.825. The lowest BCUT2D eigenvalue weighted by Gasteiger charge is -2.46. The maximum Gasteiger partial charge on any atom is 0.220 e. The van der Waals surface area contributed by atoms with Crippen LogP contribution in [0.2, 0.25) is 0 Å². The molecule has 0 aliphatic carbocycles. The molecule has 14 nitrogen and oxygen atoms in total. The first-order chi connectivity index (χ1) is 33.1. The molecule has 1 amide bonds. The van der Waals surface area contributed by atoms with Crippen LogP contribution < -0.4 is 5.32 Å². The molecule has 2 aliphatic rings. The maximum absolute atomic E-state index is 13.2. The van der Waals surface area contributed by atoms with Gasteiger partial charge in [-0.3, -0.25) is 4.79 Å². The molecule has 9 N–H and O–H groups in total. The number of allylic oxidation sites excluding steroid dienone is 2. The summed E-state index contributed by atoms with van der Waals surface area (Å²) in [4.78, 5) is 13.2. The molecular weight excluding hydrogens is 871 g/mol. The topological polar surface area (TPSA) is 228 Å². The number of aliphatic hydroxyl groups excluding tert-OH is 8. The van der Waals surface area contributed by atoms with E-state index in [-0.39, 0.29) is 12.5 Å². The van der Waals surface area contributed by atoms with Crippen molar-refractivity contribution < 1.29 is 64.6 Å². The van der Waals surface area contributed by atoms with Crippen molar-refractivity contribution in [2.45, 2.75) is 306 Å². The van der Waals surface area contributed by atoms with Gasteiger partial charge < -0.3 is 65.1 Å². The smallest absolute Gasteiger partial charge is 0.220 e. The highest BCUT2D eigenvalue weighted by Gasteiger charge is 2.51. The molecule has 2 rings (SSSR count). The van der Waals surface area contributed by atoms with Crippen molar-refractivity contribution in [3.8, 4) is 0 Å². The molecule has 0 saturated carbocycles. The molecule has 0 radical (unpaired) electrons. The molecule has 0 aromatic carbocycles. The molecule has 0 bridgehead atoms. The third-order valence-electron chi connectivity index (χ3n) is 14.0. The van der Waals surface area contributed by atoms with Crippen LogP contribution in [0.5, 0.6) is 0 Å². The summed E-state index contributed by atoms with van der Waals surface area (Å²) in [6.07, 6.45) is 27.8. The van der Waals surface area contributed by atoms with E-state index in [9.17, 15) is 45.6 Å². The Labute approximate surface area is 412 Å². The van der Waals surface area contributed by atoms with Gasteiger partial charge in [-0.15, -0.1) is 0 Å². The highest BCUT2D eigenvalue weighted by Crippen LogP contribution is 2.30. The summed E-state index contributed by atoms with van der Waals surface area (Å²) in [7, 11) is 0. The number of hydrogen-bond donors (Lipinski definition) is 9. The third-order valence-corrected chi connectivity index (χ3v) is 14.0. The third kappa shape index (κ3) is 27.5. The number of ether oxygens (including phenoxy) is 4. The van der Waals surface area contributed by atoms with Crippen LogP contribution in [0.15, 0.2) is 12.2 Å². The minimum Gasteiger partial charge on any atom is -0.394 e. The van der Waals surface area contributed by atoms with Gasteiger partial charge in [-0.25, -0.2) is 0 Å². The van der Waals surface area contributed by atoms with Crippen molar-refractivity contribution in [1.82, 2.24) is 5.32 Å². The summed E-state index contributed by atoms with van der Waals surface area (Å²) in [6.45, 7) is 2.86. The van der Waals surface area contributed by atoms with E-state index in [4.69, 9.17) is 18.9 Å². The quantitative estimate of drug-likeness (QED) is 0.0207. The highest BCUT2D eigenvalue weighted by atomic mass is 16.7. The number of carbonyl (C=O) groups is 1. The second kappa shape index (κ2) is 41.2. The van der Waals surface area contributed by atoms with Gasteiger partial charge in [0.05, 0.1) is 32.0 Å². The van der Waals surface area contributed by atoms with Crippen LogP contribution in [-0.4, -0.2) is 140 Å². The zero-order valence-corrected chi connectivity index (χ0v) is 42.9. The summed E-state index contributed by atoms with van der Waals surface area (Å²) in [5.74, 6) is -0.207. The summed E-state index contributed by atoms with van der Waals surface area (Å²) < 4.78 is 22.8. The molecule has 402 valence electrons. The van der Waals surface area contributed by atoms with Crippen molar-refractivity contribution in [3.05, 3.63) is 12.2 Å². The van der Waals surface area contributed by atoms with E-state index < -0.39 is 86.8 Å². The van der Waals surface area contributed by atoms with Crippen LogP contribution >= 0.6 is 0 Å². The molecule has 2 aliphatic heterocycles. The first-order valence-electron chi connectivity index (χ1n) is 27.9. The molecule has 12 unspecified atom stereocenters. The number of amides is 1. The monoisotopic (exact) mass is 974 g/mol. The Morgan fingerprint density at radius 1 is 0.515 bits per heavy atom. The van der Waals surface area contributed by atoms with Crippen molar-refractivity contribution in [1.29, 1.82) is 0 Å². The standard InChI is InChI=1S/C54H103NO13/c1-3-5-7-9-11-13-15-17-18-19-20-21-22-23-24-26-28-30-32-34-36-38-46(59)55-42(43(58)37-35-33-31-29-27-25-16-14-12-10-8-6-4-2)41-65-53-51(64)49(62)52(45(40-57)67-53)68-54-50(63)48(61)47(60)44(39-56)66-54/h19-20,42-45,47-54,56-58,60-64H,3-18,21-41H2,1-2H3,(H,55,59)/b20-19-. The summed E-state index contributed by atoms with van der Waals surface area (Å²) >= 11 is 0. The number of rotatable bonds is 44. The van der Waals surface area contributed by atoms with Gasteiger partial charge in [-0.1, -0.05) is 199 Å². The molecular formula is C54H103NO13. The van der Waals surface area contributed by atoms with Gasteiger partial charge in [0, 0.05) is 6.42 Å². The van der Waals surface area contributed by atoms with Crippen LogP contribution in [-0.2, 0) is 23.7 Å². The Hall–Kier alpha value is -1.27. The van der Waals surface area contributed by atoms with E-state index in [1.54, 1.807) is 0 Å². The number of aliphatic hydroxyl groups is 8. The zero-order valence-electron chi connectivity index (χ0n) is 42.9. The fraction of sp³-hybridized carbons (Fsp3) is 0.944. The molecule has 0 spiro atoms. The first-order valence-corrected chi connectivity index (χ1v) is 27.9. The van der Waals surface area contributed by atoms with E-state index in [1.807, 2.05) is 0 Å². The predicted molar refractivity (Wildman–Crippen MR) is 268 cm³/mol. The molecule has 0 aromatic heterocycles. The van der Waals surface area contributed by atoms with Gasteiger partial charge in [0.2, 0.25) is 5.91 Å². The van der Waals surface area contributed by atoms with Gasteiger partial charge in [-0.05, 0) is 38.5 Å². The van der Waals surface area contributed by atoms with Crippen molar-refractivity contribution in [2.24, 2.45) is 0 Å². The first kappa shape index (κ1) is 62.8. The molecule has 2 fully saturated rings. The van der Waals surface area contributed by atoms with Crippen molar-refractivity contribution in [3.63, 3.8) is 0 Å². The molecule has 14 heteroatoms. The lowest BCUT2D eigenvalue weighted by molar-refractivity contribution is -0.359. The van der Waals surface area contributed by atoms with E-state index in [0.29, 0.717) is 12.8 Å².